The molecule has 0 radical (unpaired) electrons. The topological polar surface area (TPSA) is 74.7 Å². The van der Waals surface area contributed by atoms with E-state index in [1.807, 2.05) is 20.8 Å². The van der Waals surface area contributed by atoms with Gasteiger partial charge in [0.15, 0.2) is 0 Å². The van der Waals surface area contributed by atoms with Gasteiger partial charge in [0.2, 0.25) is 0 Å². The summed E-state index contributed by atoms with van der Waals surface area (Å²) in [4.78, 5) is 36.9. The maximum atomic E-state index is 12.4. The molecule has 1 aliphatic rings. The lowest BCUT2D eigenvalue weighted by atomic mass is 9.83. The van der Waals surface area contributed by atoms with Crippen LogP contribution in [0.15, 0.2) is 24.3 Å². The number of carboxylic acids is 1. The van der Waals surface area contributed by atoms with Crippen LogP contribution in [0.3, 0.4) is 0 Å². The van der Waals surface area contributed by atoms with Gasteiger partial charge in [0, 0.05) is 0 Å². The van der Waals surface area contributed by atoms with E-state index in [1.54, 1.807) is 24.3 Å². The summed E-state index contributed by atoms with van der Waals surface area (Å²) in [5.41, 5.74) is 0.181. The fraction of sp³-hybridized carbons (Fsp3) is 0.400. The Morgan fingerprint density at radius 1 is 1.15 bits per heavy atom. The Morgan fingerprint density at radius 2 is 1.60 bits per heavy atom. The lowest BCUT2D eigenvalue weighted by molar-refractivity contribution is -0.138. The molecule has 0 fully saturated rings. The van der Waals surface area contributed by atoms with E-state index in [4.69, 9.17) is 5.11 Å². The number of hydrogen-bond donors (Lipinski definition) is 1. The highest BCUT2D eigenvalue weighted by atomic mass is 16.4. The van der Waals surface area contributed by atoms with Crippen LogP contribution in [0, 0.1) is 5.41 Å². The van der Waals surface area contributed by atoms with E-state index >= 15 is 0 Å². The summed E-state index contributed by atoms with van der Waals surface area (Å²) in [5, 5.41) is 9.05. The Balaban J connectivity index is 2.45. The van der Waals surface area contributed by atoms with Crippen molar-refractivity contribution in [2.75, 3.05) is 0 Å². The lowest BCUT2D eigenvalue weighted by Crippen LogP contribution is -2.48. The zero-order chi connectivity index (χ0) is 15.1. The van der Waals surface area contributed by atoms with Crippen molar-refractivity contribution in [2.24, 2.45) is 5.41 Å². The molecule has 0 saturated carbocycles. The number of carbonyl (C=O) groups excluding carboxylic acids is 2. The molecule has 0 aromatic heterocycles. The number of rotatable bonds is 3. The Morgan fingerprint density at radius 3 is 1.95 bits per heavy atom. The smallest absolute Gasteiger partial charge is 0.305 e. The van der Waals surface area contributed by atoms with Crippen LogP contribution in [-0.4, -0.2) is 33.8 Å². The van der Waals surface area contributed by atoms with E-state index in [0.29, 0.717) is 11.1 Å². The SMILES string of the molecule is CC(C)(C)C(CC(=O)O)N1C(=O)c2ccccc2C1=O. The van der Waals surface area contributed by atoms with E-state index in [1.165, 1.54) is 0 Å². The highest BCUT2D eigenvalue weighted by Gasteiger charge is 2.44. The zero-order valence-electron chi connectivity index (χ0n) is 11.7. The van der Waals surface area contributed by atoms with Crippen LogP contribution in [-0.2, 0) is 4.79 Å². The summed E-state index contributed by atoms with van der Waals surface area (Å²) in [6, 6.07) is 5.90. The molecule has 0 aliphatic carbocycles. The van der Waals surface area contributed by atoms with Crippen molar-refractivity contribution in [1.29, 1.82) is 0 Å². The van der Waals surface area contributed by atoms with Crippen LogP contribution in [0.4, 0.5) is 0 Å². The molecule has 1 aromatic rings. The lowest BCUT2D eigenvalue weighted by Gasteiger charge is -2.35. The Labute approximate surface area is 117 Å². The predicted octanol–water partition coefficient (Wildman–Crippen LogP) is 2.17. The van der Waals surface area contributed by atoms with Crippen molar-refractivity contribution in [3.8, 4) is 0 Å². The summed E-state index contributed by atoms with van der Waals surface area (Å²) < 4.78 is 0. The van der Waals surface area contributed by atoms with Gasteiger partial charge in [0.05, 0.1) is 23.6 Å². The third-order valence-electron chi connectivity index (χ3n) is 3.50. The Hall–Kier alpha value is -2.17. The molecule has 1 N–H and O–H groups in total. The molecule has 1 unspecified atom stereocenters. The molecule has 5 nitrogen and oxygen atoms in total. The second kappa shape index (κ2) is 4.74. The summed E-state index contributed by atoms with van der Waals surface area (Å²) in [6.45, 7) is 5.47. The Bertz CT molecular complexity index is 551. The van der Waals surface area contributed by atoms with Crippen LogP contribution in [0.2, 0.25) is 0 Å². The van der Waals surface area contributed by atoms with Gasteiger partial charge in [-0.05, 0) is 17.5 Å². The minimum atomic E-state index is -1.03. The van der Waals surface area contributed by atoms with Crippen LogP contribution in [0.1, 0.15) is 47.9 Å². The first kappa shape index (κ1) is 14.2. The zero-order valence-corrected chi connectivity index (χ0v) is 11.7. The number of carbonyl (C=O) groups is 3. The van der Waals surface area contributed by atoms with Gasteiger partial charge in [-0.3, -0.25) is 19.3 Å². The molecule has 106 valence electrons. The summed E-state index contributed by atoms with van der Waals surface area (Å²) in [6.07, 6.45) is -0.255. The fourth-order valence-electron chi connectivity index (χ4n) is 2.44. The normalized spacial score (nSPS) is 16.2. The molecule has 1 aliphatic heterocycles. The largest absolute Gasteiger partial charge is 0.481 e. The minimum absolute atomic E-state index is 0.255. The van der Waals surface area contributed by atoms with Crippen LogP contribution in [0.5, 0.6) is 0 Å². The van der Waals surface area contributed by atoms with Crippen molar-refractivity contribution >= 4 is 17.8 Å². The standard InChI is InChI=1S/C15H17NO4/c1-15(2,3)11(8-12(17)18)16-13(19)9-6-4-5-7-10(9)14(16)20/h4-7,11H,8H2,1-3H3,(H,17,18). The molecule has 2 rings (SSSR count). The predicted molar refractivity (Wildman–Crippen MR) is 72.4 cm³/mol. The molecule has 20 heavy (non-hydrogen) atoms. The third-order valence-corrected chi connectivity index (χ3v) is 3.50. The number of amides is 2. The van der Waals surface area contributed by atoms with E-state index in [-0.39, 0.29) is 6.42 Å². The summed E-state index contributed by atoms with van der Waals surface area (Å²) in [7, 11) is 0. The van der Waals surface area contributed by atoms with Crippen LogP contribution in [0.25, 0.3) is 0 Å². The van der Waals surface area contributed by atoms with E-state index in [2.05, 4.69) is 0 Å². The number of hydrogen-bond acceptors (Lipinski definition) is 3. The number of aliphatic carboxylic acids is 1. The molecule has 5 heteroatoms. The van der Waals surface area contributed by atoms with Crippen molar-refractivity contribution < 1.29 is 19.5 Å². The molecular weight excluding hydrogens is 258 g/mol. The van der Waals surface area contributed by atoms with E-state index in [0.717, 1.165) is 4.90 Å². The first-order valence-corrected chi connectivity index (χ1v) is 6.42. The number of imide groups is 1. The maximum Gasteiger partial charge on any atom is 0.305 e. The highest BCUT2D eigenvalue weighted by Crippen LogP contribution is 2.33. The molecule has 2 amide bonds. The summed E-state index contributed by atoms with van der Waals surface area (Å²) in [5.74, 6) is -1.85. The van der Waals surface area contributed by atoms with Gasteiger partial charge in [-0.25, -0.2) is 0 Å². The number of benzene rings is 1. The van der Waals surface area contributed by atoms with Gasteiger partial charge in [0.25, 0.3) is 11.8 Å². The van der Waals surface area contributed by atoms with Gasteiger partial charge < -0.3 is 5.11 Å². The van der Waals surface area contributed by atoms with Gasteiger partial charge in [-0.1, -0.05) is 32.9 Å². The fourth-order valence-corrected chi connectivity index (χ4v) is 2.44. The first-order valence-electron chi connectivity index (χ1n) is 6.42. The van der Waals surface area contributed by atoms with Gasteiger partial charge >= 0.3 is 5.97 Å². The van der Waals surface area contributed by atoms with E-state index in [9.17, 15) is 14.4 Å². The number of nitrogens with zero attached hydrogens (tertiary/aromatic N) is 1. The monoisotopic (exact) mass is 275 g/mol. The maximum absolute atomic E-state index is 12.4. The number of carboxylic acid groups (broad SMARTS) is 1. The van der Waals surface area contributed by atoms with Crippen LogP contribution < -0.4 is 0 Å². The molecule has 0 saturated heterocycles. The molecule has 1 heterocycles. The van der Waals surface area contributed by atoms with Gasteiger partial charge in [-0.15, -0.1) is 0 Å². The van der Waals surface area contributed by atoms with Crippen molar-refractivity contribution in [2.45, 2.75) is 33.2 Å². The first-order chi connectivity index (χ1) is 9.23. The quantitative estimate of drug-likeness (QED) is 0.858. The third kappa shape index (κ3) is 2.31. The van der Waals surface area contributed by atoms with E-state index < -0.39 is 29.2 Å². The van der Waals surface area contributed by atoms with Crippen molar-refractivity contribution in [1.82, 2.24) is 4.90 Å². The minimum Gasteiger partial charge on any atom is -0.481 e. The average molecular weight is 275 g/mol. The van der Waals surface area contributed by atoms with Gasteiger partial charge in [0.1, 0.15) is 0 Å². The second-order valence-corrected chi connectivity index (χ2v) is 6.01. The Kier molecular flexibility index (Phi) is 3.38. The van der Waals surface area contributed by atoms with Crippen molar-refractivity contribution in [3.05, 3.63) is 35.4 Å². The molecule has 0 bridgehead atoms. The molecular formula is C15H17NO4. The molecule has 0 spiro atoms. The highest BCUT2D eigenvalue weighted by molar-refractivity contribution is 6.21. The summed E-state index contributed by atoms with van der Waals surface area (Å²) >= 11 is 0. The van der Waals surface area contributed by atoms with Gasteiger partial charge in [-0.2, -0.15) is 0 Å². The second-order valence-electron chi connectivity index (χ2n) is 6.01. The number of fused-ring (bicyclic) bond motifs is 1. The molecule has 1 atom stereocenters. The van der Waals surface area contributed by atoms with Crippen molar-refractivity contribution in [3.63, 3.8) is 0 Å². The van der Waals surface area contributed by atoms with Crippen LogP contribution >= 0.6 is 0 Å². The average Bonchev–Trinajstić information content (AvgIpc) is 2.59. The molecule has 1 aromatic carbocycles.